The number of nitrogens with one attached hydrogen (secondary N) is 1. The van der Waals surface area contributed by atoms with E-state index in [1.165, 1.54) is 4.90 Å². The normalized spacial score (nSPS) is 18.5. The fourth-order valence-electron chi connectivity index (χ4n) is 3.44. The highest BCUT2D eigenvalue weighted by molar-refractivity contribution is 6.46. The van der Waals surface area contributed by atoms with E-state index in [4.69, 9.17) is 4.74 Å². The third-order valence-electron chi connectivity index (χ3n) is 5.13. The highest BCUT2D eigenvalue weighted by atomic mass is 16.5. The number of methoxy groups -OCH3 is 1. The van der Waals surface area contributed by atoms with E-state index in [-0.39, 0.29) is 5.57 Å². The number of likely N-dealkylation sites (N-methyl/N-ethyl adjacent to an activating group) is 1. The summed E-state index contributed by atoms with van der Waals surface area (Å²) in [6.45, 7) is 2.98. The van der Waals surface area contributed by atoms with Gasteiger partial charge < -0.3 is 19.6 Å². The molecule has 1 saturated heterocycles. The Morgan fingerprint density at radius 1 is 1.07 bits per heavy atom. The van der Waals surface area contributed by atoms with Gasteiger partial charge in [0.25, 0.3) is 5.91 Å². The second-order valence-electron chi connectivity index (χ2n) is 7.57. The minimum atomic E-state index is -0.717. The van der Waals surface area contributed by atoms with E-state index in [9.17, 15) is 14.7 Å². The first kappa shape index (κ1) is 20.6. The van der Waals surface area contributed by atoms with E-state index in [0.29, 0.717) is 30.0 Å². The average Bonchev–Trinajstić information content (AvgIpc) is 2.97. The molecule has 0 spiro atoms. The number of ketones is 1. The maximum absolute atomic E-state index is 13.2. The van der Waals surface area contributed by atoms with Crippen LogP contribution in [0.5, 0.6) is 5.75 Å². The molecular formula is C23H26N2O4. The van der Waals surface area contributed by atoms with Gasteiger partial charge >= 0.3 is 0 Å². The number of carbonyl (C=O) groups excluding carboxylic acids is 2. The molecule has 3 rings (SSSR count). The van der Waals surface area contributed by atoms with Crippen LogP contribution >= 0.6 is 0 Å². The quantitative estimate of drug-likeness (QED) is 0.437. The van der Waals surface area contributed by atoms with Crippen LogP contribution in [0.2, 0.25) is 0 Å². The summed E-state index contributed by atoms with van der Waals surface area (Å²) in [5.74, 6) is -1.07. The van der Waals surface area contributed by atoms with Crippen LogP contribution in [0.15, 0.2) is 54.1 Å². The molecule has 1 aliphatic rings. The molecule has 29 heavy (non-hydrogen) atoms. The van der Waals surface area contributed by atoms with Crippen molar-refractivity contribution in [2.24, 2.45) is 0 Å². The molecule has 1 aliphatic heterocycles. The second kappa shape index (κ2) is 8.49. The van der Waals surface area contributed by atoms with Gasteiger partial charge in [-0.3, -0.25) is 9.59 Å². The van der Waals surface area contributed by atoms with E-state index in [1.54, 1.807) is 43.5 Å². The van der Waals surface area contributed by atoms with Crippen molar-refractivity contribution in [1.29, 1.82) is 0 Å². The van der Waals surface area contributed by atoms with Gasteiger partial charge in [0.05, 0.1) is 40.3 Å². The van der Waals surface area contributed by atoms with Gasteiger partial charge in [-0.15, -0.1) is 0 Å². The van der Waals surface area contributed by atoms with Crippen molar-refractivity contribution in [3.05, 3.63) is 70.8 Å². The third-order valence-corrected chi connectivity index (χ3v) is 5.13. The fraction of sp³-hybridized carbons (Fsp3) is 0.304. The van der Waals surface area contributed by atoms with Gasteiger partial charge in [0.1, 0.15) is 5.75 Å². The molecule has 0 bridgehead atoms. The summed E-state index contributed by atoms with van der Waals surface area (Å²) in [5.41, 5.74) is 2.15. The topological polar surface area (TPSA) is 74.1 Å². The van der Waals surface area contributed by atoms with Crippen LogP contribution in [0.3, 0.4) is 0 Å². The number of likely N-dealkylation sites (tertiary alicyclic amines) is 1. The molecule has 0 aliphatic carbocycles. The number of hydrogen-bond donors (Lipinski definition) is 1. The first-order valence-corrected chi connectivity index (χ1v) is 9.60. The zero-order valence-electron chi connectivity index (χ0n) is 17.2. The lowest BCUT2D eigenvalue weighted by Gasteiger charge is -2.27. The van der Waals surface area contributed by atoms with E-state index in [1.807, 2.05) is 33.2 Å². The molecule has 0 radical (unpaired) electrons. The fourth-order valence-corrected chi connectivity index (χ4v) is 3.44. The number of Topliss-reactive ketones (excluding diaryl/α,β-unsaturated/α-hetero) is 1. The van der Waals surface area contributed by atoms with Crippen LogP contribution in [-0.2, 0) is 9.59 Å². The van der Waals surface area contributed by atoms with Crippen molar-refractivity contribution in [2.45, 2.75) is 13.0 Å². The number of hydrogen-bond acceptors (Lipinski definition) is 4. The molecule has 2 aromatic carbocycles. The second-order valence-corrected chi connectivity index (χ2v) is 7.57. The van der Waals surface area contributed by atoms with E-state index in [2.05, 4.69) is 0 Å². The Bertz CT molecular complexity index is 930. The van der Waals surface area contributed by atoms with Crippen LogP contribution < -0.4 is 14.7 Å². The average molecular weight is 394 g/mol. The van der Waals surface area contributed by atoms with Crippen LogP contribution in [-0.4, -0.2) is 50.9 Å². The summed E-state index contributed by atoms with van der Waals surface area (Å²) in [7, 11) is 5.53. The Balaban J connectivity index is 2.12. The molecule has 0 saturated carbocycles. The van der Waals surface area contributed by atoms with E-state index < -0.39 is 23.5 Å². The molecular weight excluding hydrogens is 368 g/mol. The molecule has 6 nitrogen and oxygen atoms in total. The van der Waals surface area contributed by atoms with Gasteiger partial charge in [0.2, 0.25) is 5.78 Å². The Labute approximate surface area is 171 Å². The zero-order valence-corrected chi connectivity index (χ0v) is 17.2. The monoisotopic (exact) mass is 394 g/mol. The van der Waals surface area contributed by atoms with Gasteiger partial charge in [-0.05, 0) is 30.2 Å². The van der Waals surface area contributed by atoms with Gasteiger partial charge in [0, 0.05) is 5.57 Å². The largest absolute Gasteiger partial charge is 0.872 e. The van der Waals surface area contributed by atoms with Crippen LogP contribution in [0, 0.1) is 6.92 Å². The van der Waals surface area contributed by atoms with Crippen molar-refractivity contribution in [1.82, 2.24) is 4.90 Å². The van der Waals surface area contributed by atoms with Gasteiger partial charge in [-0.2, -0.15) is 0 Å². The van der Waals surface area contributed by atoms with E-state index in [0.717, 1.165) is 10.5 Å². The third kappa shape index (κ3) is 4.17. The first-order chi connectivity index (χ1) is 13.8. The predicted octanol–water partition coefficient (Wildman–Crippen LogP) is 0.372. The number of amides is 1. The van der Waals surface area contributed by atoms with Crippen LogP contribution in [0.25, 0.3) is 5.76 Å². The number of aryl methyl sites for hydroxylation is 1. The summed E-state index contributed by atoms with van der Waals surface area (Å²) in [6.07, 6.45) is 0. The molecule has 1 unspecified atom stereocenters. The molecule has 1 atom stereocenters. The number of ether oxygens (including phenoxy) is 1. The standard InChI is InChI=1S/C23H26N2O4/c1-15-5-7-17(8-6-15)21(26)19-20(16-9-11-18(29-4)12-10-16)25(14-13-24(2)3)23(28)22(19)27/h5-12,20,26H,13-14H2,1-4H3. The maximum atomic E-state index is 13.2. The van der Waals surface area contributed by atoms with Crippen molar-refractivity contribution < 1.29 is 24.3 Å². The van der Waals surface area contributed by atoms with Crippen molar-refractivity contribution >= 4 is 17.4 Å². The van der Waals surface area contributed by atoms with Crippen molar-refractivity contribution in [2.75, 3.05) is 34.3 Å². The van der Waals surface area contributed by atoms with Gasteiger partial charge in [-0.25, -0.2) is 0 Å². The summed E-state index contributed by atoms with van der Waals surface area (Å²) < 4.78 is 5.21. The van der Waals surface area contributed by atoms with Gasteiger partial charge in [0.15, 0.2) is 0 Å². The minimum Gasteiger partial charge on any atom is -0.872 e. The molecule has 0 aromatic heterocycles. The molecule has 1 fully saturated rings. The molecule has 1 amide bonds. The molecule has 6 heteroatoms. The number of rotatable bonds is 6. The summed E-state index contributed by atoms with van der Waals surface area (Å²) in [5, 5.41) is 13.2. The van der Waals surface area contributed by atoms with Crippen molar-refractivity contribution in [3.63, 3.8) is 0 Å². The number of carbonyl (C=O) groups is 2. The lowest BCUT2D eigenvalue weighted by molar-refractivity contribution is -0.857. The molecule has 1 N–H and O–H groups in total. The number of benzene rings is 2. The molecule has 1 heterocycles. The maximum Gasteiger partial charge on any atom is 0.295 e. The zero-order chi connectivity index (χ0) is 21.1. The van der Waals surface area contributed by atoms with Crippen molar-refractivity contribution in [3.8, 4) is 5.75 Å². The summed E-state index contributed by atoms with van der Waals surface area (Å²) in [6, 6.07) is 13.5. The minimum absolute atomic E-state index is 0.0118. The Morgan fingerprint density at radius 3 is 2.24 bits per heavy atom. The highest BCUT2D eigenvalue weighted by Gasteiger charge is 2.44. The lowest BCUT2D eigenvalue weighted by Crippen LogP contribution is -3.06. The van der Waals surface area contributed by atoms with Crippen LogP contribution in [0.1, 0.15) is 22.7 Å². The highest BCUT2D eigenvalue weighted by Crippen LogP contribution is 2.38. The van der Waals surface area contributed by atoms with Crippen LogP contribution in [0.4, 0.5) is 0 Å². The number of quaternary nitrogens is 1. The van der Waals surface area contributed by atoms with Gasteiger partial charge in [-0.1, -0.05) is 47.7 Å². The number of nitrogens with zero attached hydrogens (tertiary/aromatic N) is 1. The summed E-state index contributed by atoms with van der Waals surface area (Å²) >= 11 is 0. The smallest absolute Gasteiger partial charge is 0.295 e. The Hall–Kier alpha value is -3.12. The summed E-state index contributed by atoms with van der Waals surface area (Å²) in [4.78, 5) is 28.3. The SMILES string of the molecule is COc1ccc(C2C(=C([O-])c3ccc(C)cc3)C(=O)C(=O)N2CC[NH+](C)C)cc1. The molecule has 152 valence electrons. The first-order valence-electron chi connectivity index (χ1n) is 9.60. The molecule has 2 aromatic rings. The Morgan fingerprint density at radius 2 is 1.69 bits per heavy atom. The Kier molecular flexibility index (Phi) is 6.03. The van der Waals surface area contributed by atoms with E-state index >= 15 is 0 Å². The lowest BCUT2D eigenvalue weighted by atomic mass is 9.95. The predicted molar refractivity (Wildman–Crippen MR) is 108 cm³/mol.